The molecule has 8 heteroatoms. The number of amides is 2. The zero-order valence-electron chi connectivity index (χ0n) is 18.6. The van der Waals surface area contributed by atoms with Crippen LogP contribution in [0.4, 0.5) is 9.59 Å². The Kier molecular flexibility index (Phi) is 8.08. The van der Waals surface area contributed by atoms with Gasteiger partial charge in [0.25, 0.3) is 0 Å². The molecule has 2 amide bonds. The molecule has 1 aliphatic rings. The highest BCUT2D eigenvalue weighted by Gasteiger charge is 2.39. The maximum atomic E-state index is 12.3. The molecule has 2 unspecified atom stereocenters. The predicted molar refractivity (Wildman–Crippen MR) is 119 cm³/mol. The maximum Gasteiger partial charge on any atom is 0.409 e. The lowest BCUT2D eigenvalue weighted by Crippen LogP contribution is -2.56. The van der Waals surface area contributed by atoms with Gasteiger partial charge in [0.2, 0.25) is 0 Å². The van der Waals surface area contributed by atoms with Gasteiger partial charge in [0.15, 0.2) is 8.32 Å². The first-order valence-corrected chi connectivity index (χ1v) is 13.2. The molecule has 0 fully saturated rings. The first-order chi connectivity index (χ1) is 14.0. The smallest absolute Gasteiger partial charge is 0.409 e. The van der Waals surface area contributed by atoms with Crippen molar-refractivity contribution in [2.75, 3.05) is 6.61 Å². The van der Waals surface area contributed by atoms with Crippen LogP contribution in [-0.4, -0.2) is 49.3 Å². The number of alkyl carbamates (subject to hydrolysis) is 1. The standard InChI is InChI=1S/C22H34N2O5Si/c1-22(2,3)30(4,5)29-16-18-13-9-10-14-19(24(18)21(26)27)23-20(25)28-15-17-11-7-6-8-12-17/h6-9,11-13,18-19H,10,14-16H2,1-5H3,(H,23,25)(H,26,27). The number of carboxylic acid groups (broad SMARTS) is 1. The number of nitrogens with zero attached hydrogens (tertiary/aromatic N) is 1. The molecule has 1 aromatic rings. The number of allylic oxidation sites excluding steroid dienone is 1. The second-order valence-electron chi connectivity index (χ2n) is 9.06. The second-order valence-corrected chi connectivity index (χ2v) is 13.9. The molecule has 7 nitrogen and oxygen atoms in total. The molecule has 1 heterocycles. The molecule has 1 aromatic carbocycles. The molecule has 0 aliphatic carbocycles. The molecule has 2 atom stereocenters. The third kappa shape index (κ3) is 6.60. The van der Waals surface area contributed by atoms with E-state index < -0.39 is 32.7 Å². The molecule has 0 radical (unpaired) electrons. The topological polar surface area (TPSA) is 88.1 Å². The van der Waals surface area contributed by atoms with Crippen molar-refractivity contribution < 1.29 is 23.9 Å². The molecule has 166 valence electrons. The monoisotopic (exact) mass is 434 g/mol. The zero-order valence-corrected chi connectivity index (χ0v) is 19.6. The third-order valence-corrected chi connectivity index (χ3v) is 10.3. The molecule has 2 N–H and O–H groups in total. The van der Waals surface area contributed by atoms with E-state index in [1.807, 2.05) is 42.5 Å². The first-order valence-electron chi connectivity index (χ1n) is 10.3. The quantitative estimate of drug-likeness (QED) is 0.488. The molecule has 0 saturated heterocycles. The van der Waals surface area contributed by atoms with Gasteiger partial charge in [-0.15, -0.1) is 0 Å². The van der Waals surface area contributed by atoms with E-state index in [2.05, 4.69) is 39.2 Å². The molecule has 0 saturated carbocycles. The van der Waals surface area contributed by atoms with E-state index >= 15 is 0 Å². The Morgan fingerprint density at radius 2 is 1.90 bits per heavy atom. The average molecular weight is 435 g/mol. The van der Waals surface area contributed by atoms with Gasteiger partial charge in [0, 0.05) is 0 Å². The van der Waals surface area contributed by atoms with Crippen molar-refractivity contribution in [3.05, 3.63) is 48.0 Å². The Hall–Kier alpha value is -2.32. The molecule has 30 heavy (non-hydrogen) atoms. The largest absolute Gasteiger partial charge is 0.465 e. The Labute approximate surface area is 180 Å². The van der Waals surface area contributed by atoms with Crippen molar-refractivity contribution in [1.82, 2.24) is 10.2 Å². The van der Waals surface area contributed by atoms with Gasteiger partial charge in [-0.05, 0) is 36.5 Å². The first kappa shape index (κ1) is 24.0. The molecule has 0 spiro atoms. The summed E-state index contributed by atoms with van der Waals surface area (Å²) in [6, 6.07) is 8.87. The number of rotatable bonds is 6. The van der Waals surface area contributed by atoms with Crippen LogP contribution in [0.1, 0.15) is 39.2 Å². The lowest BCUT2D eigenvalue weighted by molar-refractivity contribution is 0.0709. The highest BCUT2D eigenvalue weighted by atomic mass is 28.4. The Bertz CT molecular complexity index is 746. The van der Waals surface area contributed by atoms with Crippen LogP contribution in [0.15, 0.2) is 42.5 Å². The number of nitrogens with one attached hydrogen (secondary N) is 1. The van der Waals surface area contributed by atoms with Crippen molar-refractivity contribution in [2.24, 2.45) is 0 Å². The summed E-state index contributed by atoms with van der Waals surface area (Å²) in [5.41, 5.74) is 0.867. The summed E-state index contributed by atoms with van der Waals surface area (Å²) in [6.07, 6.45) is 2.52. The SMILES string of the molecule is CC(C)(C)[Si](C)(C)OCC1C=CCCC(NC(=O)OCc2ccccc2)N1C(=O)O. The van der Waals surface area contributed by atoms with E-state index in [1.54, 1.807) is 0 Å². The molecule has 0 bridgehead atoms. The van der Waals surface area contributed by atoms with Crippen LogP contribution in [0.3, 0.4) is 0 Å². The van der Waals surface area contributed by atoms with Crippen molar-refractivity contribution >= 4 is 20.5 Å². The third-order valence-electron chi connectivity index (χ3n) is 5.80. The minimum atomic E-state index is -2.04. The maximum absolute atomic E-state index is 12.3. The van der Waals surface area contributed by atoms with Crippen LogP contribution in [0.5, 0.6) is 0 Å². The summed E-state index contributed by atoms with van der Waals surface area (Å²) in [5, 5.41) is 12.6. The fourth-order valence-corrected chi connectivity index (χ4v) is 3.95. The molecule has 1 aliphatic heterocycles. The van der Waals surface area contributed by atoms with E-state index in [-0.39, 0.29) is 18.3 Å². The van der Waals surface area contributed by atoms with Gasteiger partial charge < -0.3 is 19.6 Å². The van der Waals surface area contributed by atoms with Crippen molar-refractivity contribution in [1.29, 1.82) is 0 Å². The van der Waals surface area contributed by atoms with Crippen LogP contribution in [0.2, 0.25) is 18.1 Å². The number of ether oxygens (including phenoxy) is 1. The Balaban J connectivity index is 2.04. The van der Waals surface area contributed by atoms with Gasteiger partial charge in [-0.2, -0.15) is 0 Å². The minimum absolute atomic E-state index is 0.0222. The average Bonchev–Trinajstić information content (AvgIpc) is 2.87. The lowest BCUT2D eigenvalue weighted by Gasteiger charge is -2.39. The second kappa shape index (κ2) is 10.1. The van der Waals surface area contributed by atoms with Gasteiger partial charge in [-0.25, -0.2) is 9.59 Å². The van der Waals surface area contributed by atoms with E-state index in [0.29, 0.717) is 12.8 Å². The Morgan fingerprint density at radius 3 is 2.50 bits per heavy atom. The molecule has 0 aromatic heterocycles. The van der Waals surface area contributed by atoms with Crippen LogP contribution in [0, 0.1) is 0 Å². The van der Waals surface area contributed by atoms with Gasteiger partial charge in [0.05, 0.1) is 12.6 Å². The number of carbonyl (C=O) groups is 2. The summed E-state index contributed by atoms with van der Waals surface area (Å²) in [6.45, 7) is 11.1. The Morgan fingerprint density at radius 1 is 1.23 bits per heavy atom. The number of hydrogen-bond acceptors (Lipinski definition) is 4. The van der Waals surface area contributed by atoms with Crippen LogP contribution < -0.4 is 5.32 Å². The van der Waals surface area contributed by atoms with Gasteiger partial charge in [-0.3, -0.25) is 4.90 Å². The van der Waals surface area contributed by atoms with Crippen LogP contribution in [-0.2, 0) is 15.8 Å². The summed E-state index contributed by atoms with van der Waals surface area (Å²) >= 11 is 0. The van der Waals surface area contributed by atoms with Crippen LogP contribution in [0.25, 0.3) is 0 Å². The normalized spacial score (nSPS) is 19.8. The number of hydrogen-bond donors (Lipinski definition) is 2. The van der Waals surface area contributed by atoms with Crippen LogP contribution >= 0.6 is 0 Å². The zero-order chi connectivity index (χ0) is 22.4. The highest BCUT2D eigenvalue weighted by Crippen LogP contribution is 2.36. The highest BCUT2D eigenvalue weighted by molar-refractivity contribution is 6.74. The number of carbonyl (C=O) groups excluding carboxylic acids is 1. The molecular weight excluding hydrogens is 400 g/mol. The summed E-state index contributed by atoms with van der Waals surface area (Å²) < 4.78 is 11.5. The predicted octanol–water partition coefficient (Wildman–Crippen LogP) is 4.96. The summed E-state index contributed by atoms with van der Waals surface area (Å²) in [7, 11) is -2.04. The summed E-state index contributed by atoms with van der Waals surface area (Å²) in [4.78, 5) is 25.7. The van der Waals surface area contributed by atoms with Gasteiger partial charge >= 0.3 is 12.2 Å². The fourth-order valence-electron chi connectivity index (χ4n) is 2.93. The van der Waals surface area contributed by atoms with Gasteiger partial charge in [-0.1, -0.05) is 63.3 Å². The minimum Gasteiger partial charge on any atom is -0.465 e. The lowest BCUT2D eigenvalue weighted by atomic mass is 10.2. The number of benzene rings is 1. The van der Waals surface area contributed by atoms with Crippen molar-refractivity contribution in [2.45, 2.75) is 70.6 Å². The molecule has 2 rings (SSSR count). The van der Waals surface area contributed by atoms with E-state index in [9.17, 15) is 14.7 Å². The van der Waals surface area contributed by atoms with Crippen molar-refractivity contribution in [3.63, 3.8) is 0 Å². The van der Waals surface area contributed by atoms with E-state index in [0.717, 1.165) is 5.56 Å². The summed E-state index contributed by atoms with van der Waals surface area (Å²) in [5.74, 6) is 0. The van der Waals surface area contributed by atoms with E-state index in [4.69, 9.17) is 9.16 Å². The van der Waals surface area contributed by atoms with Gasteiger partial charge in [0.1, 0.15) is 12.8 Å². The van der Waals surface area contributed by atoms with Crippen molar-refractivity contribution in [3.8, 4) is 0 Å². The van der Waals surface area contributed by atoms with E-state index in [1.165, 1.54) is 4.90 Å². The molecular formula is C22H34N2O5Si. The fraction of sp³-hybridized carbons (Fsp3) is 0.545.